The largest absolute Gasteiger partial charge is 0.256 e. The number of alkyl halides is 1. The first-order chi connectivity index (χ1) is 13.8. The van der Waals surface area contributed by atoms with Gasteiger partial charge in [-0.15, -0.1) is 0 Å². The molecule has 0 aromatic carbocycles. The van der Waals surface area contributed by atoms with Crippen molar-refractivity contribution in [1.82, 2.24) is 9.97 Å². The highest BCUT2D eigenvalue weighted by Gasteiger charge is 2.30. The standard InChI is InChI=1S/C22H23F2N5/c1-14-12-13-29(28-14)20-9-5-8-18(26-20)22(2,3)17-7-4-6-16(25-17)15-10-11-19(23)27-21(15)24/h4-11,15,21H,12-13H2,1-3H3. The van der Waals surface area contributed by atoms with Gasteiger partial charge in [-0.1, -0.05) is 18.2 Å². The summed E-state index contributed by atoms with van der Waals surface area (Å²) in [4.78, 5) is 12.9. The first-order valence-electron chi connectivity index (χ1n) is 9.67. The molecule has 2 aliphatic rings. The molecule has 4 heterocycles. The normalized spacial score (nSPS) is 21.9. The van der Waals surface area contributed by atoms with E-state index in [-0.39, 0.29) is 0 Å². The number of rotatable bonds is 4. The number of anilines is 1. The SMILES string of the molecule is CC1=NN(c2cccc(C(C)(C)c3cccc(C4C=CC(F)=NC4F)n3)n2)CC1. The minimum absolute atomic E-state index is 0.511. The third-order valence-electron chi connectivity index (χ3n) is 5.35. The van der Waals surface area contributed by atoms with Gasteiger partial charge in [-0.05, 0) is 51.1 Å². The number of aliphatic imine (C=N–C) groups is 1. The molecular weight excluding hydrogens is 372 g/mol. The number of hydrogen-bond acceptors (Lipinski definition) is 5. The molecule has 2 aromatic heterocycles. The Morgan fingerprint density at radius 1 is 1.07 bits per heavy atom. The van der Waals surface area contributed by atoms with Gasteiger partial charge in [-0.2, -0.15) is 9.49 Å². The molecule has 29 heavy (non-hydrogen) atoms. The number of halogens is 2. The lowest BCUT2D eigenvalue weighted by atomic mass is 9.84. The quantitative estimate of drug-likeness (QED) is 0.705. The fourth-order valence-corrected chi connectivity index (χ4v) is 3.53. The lowest BCUT2D eigenvalue weighted by molar-refractivity contribution is 0.311. The van der Waals surface area contributed by atoms with Crippen LogP contribution in [0.25, 0.3) is 0 Å². The molecule has 2 unspecified atom stereocenters. The van der Waals surface area contributed by atoms with Crippen molar-refractivity contribution in [3.63, 3.8) is 0 Å². The van der Waals surface area contributed by atoms with Crippen LogP contribution >= 0.6 is 0 Å². The average Bonchev–Trinajstić information content (AvgIpc) is 3.14. The van der Waals surface area contributed by atoms with Gasteiger partial charge in [0.25, 0.3) is 0 Å². The number of dihydropyridines is 1. The zero-order valence-electron chi connectivity index (χ0n) is 16.7. The Bertz CT molecular complexity index is 1010. The summed E-state index contributed by atoms with van der Waals surface area (Å²) >= 11 is 0. The minimum atomic E-state index is -1.68. The van der Waals surface area contributed by atoms with Crippen LogP contribution in [-0.2, 0) is 5.41 Å². The predicted octanol–water partition coefficient (Wildman–Crippen LogP) is 4.71. The van der Waals surface area contributed by atoms with Gasteiger partial charge in [0.15, 0.2) is 0 Å². The van der Waals surface area contributed by atoms with E-state index < -0.39 is 23.6 Å². The maximum atomic E-state index is 14.2. The molecular formula is C22H23F2N5. The van der Waals surface area contributed by atoms with E-state index in [1.54, 1.807) is 6.07 Å². The molecule has 2 atom stereocenters. The van der Waals surface area contributed by atoms with E-state index in [4.69, 9.17) is 9.97 Å². The molecule has 2 aliphatic heterocycles. The second kappa shape index (κ2) is 7.46. The molecule has 2 aromatic rings. The van der Waals surface area contributed by atoms with Gasteiger partial charge in [-0.3, -0.25) is 4.98 Å². The van der Waals surface area contributed by atoms with Crippen molar-refractivity contribution in [2.24, 2.45) is 10.1 Å². The van der Waals surface area contributed by atoms with Crippen LogP contribution in [0.1, 0.15) is 50.2 Å². The third-order valence-corrected chi connectivity index (χ3v) is 5.35. The summed E-state index contributed by atoms with van der Waals surface area (Å²) in [6.07, 6.45) is 1.91. The Labute approximate surface area is 168 Å². The van der Waals surface area contributed by atoms with Crippen molar-refractivity contribution in [1.29, 1.82) is 0 Å². The Morgan fingerprint density at radius 2 is 1.79 bits per heavy atom. The lowest BCUT2D eigenvalue weighted by Crippen LogP contribution is -2.25. The van der Waals surface area contributed by atoms with E-state index in [0.29, 0.717) is 5.69 Å². The van der Waals surface area contributed by atoms with Crippen molar-refractivity contribution >= 4 is 17.5 Å². The van der Waals surface area contributed by atoms with Crippen LogP contribution in [0.3, 0.4) is 0 Å². The second-order valence-corrected chi connectivity index (χ2v) is 7.87. The van der Waals surface area contributed by atoms with Gasteiger partial charge in [0.05, 0.1) is 23.0 Å². The van der Waals surface area contributed by atoms with E-state index in [9.17, 15) is 8.78 Å². The maximum absolute atomic E-state index is 14.2. The second-order valence-electron chi connectivity index (χ2n) is 7.87. The number of hydrogen-bond donors (Lipinski definition) is 0. The molecule has 7 heteroatoms. The topological polar surface area (TPSA) is 53.7 Å². The highest BCUT2D eigenvalue weighted by atomic mass is 19.1. The summed E-state index contributed by atoms with van der Waals surface area (Å²) in [7, 11) is 0. The van der Waals surface area contributed by atoms with E-state index >= 15 is 0 Å². The van der Waals surface area contributed by atoms with Gasteiger partial charge in [0, 0.05) is 24.1 Å². The molecule has 0 amide bonds. The van der Waals surface area contributed by atoms with Crippen molar-refractivity contribution in [3.05, 3.63) is 65.6 Å². The fourth-order valence-electron chi connectivity index (χ4n) is 3.53. The minimum Gasteiger partial charge on any atom is -0.256 e. The maximum Gasteiger partial charge on any atom is 0.210 e. The summed E-state index contributed by atoms with van der Waals surface area (Å²) in [5.74, 6) is -0.704. The summed E-state index contributed by atoms with van der Waals surface area (Å²) in [6, 6.07) is 11.4. The lowest BCUT2D eigenvalue weighted by Gasteiger charge is -2.26. The molecule has 0 saturated carbocycles. The van der Waals surface area contributed by atoms with E-state index in [2.05, 4.69) is 10.1 Å². The van der Waals surface area contributed by atoms with Crippen LogP contribution in [0.2, 0.25) is 0 Å². The van der Waals surface area contributed by atoms with Crippen molar-refractivity contribution in [2.45, 2.75) is 44.8 Å². The Kier molecular flexibility index (Phi) is 4.98. The van der Waals surface area contributed by atoms with E-state index in [1.807, 2.05) is 56.1 Å². The average molecular weight is 395 g/mol. The molecule has 0 spiro atoms. The highest BCUT2D eigenvalue weighted by molar-refractivity contribution is 5.87. The number of aromatic nitrogens is 2. The first kappa shape index (κ1) is 19.4. The zero-order valence-corrected chi connectivity index (χ0v) is 16.7. The van der Waals surface area contributed by atoms with Gasteiger partial charge in [0.1, 0.15) is 5.82 Å². The first-order valence-corrected chi connectivity index (χ1v) is 9.67. The molecule has 5 nitrogen and oxygen atoms in total. The molecule has 0 radical (unpaired) electrons. The fraction of sp³-hybridized carbons (Fsp3) is 0.364. The van der Waals surface area contributed by atoms with Crippen LogP contribution in [0.5, 0.6) is 0 Å². The number of allylic oxidation sites excluding steroid dienone is 1. The molecule has 4 rings (SSSR count). The Hall–Kier alpha value is -2.96. The van der Waals surface area contributed by atoms with Crippen LogP contribution in [0.4, 0.5) is 14.6 Å². The van der Waals surface area contributed by atoms with Gasteiger partial charge < -0.3 is 0 Å². The van der Waals surface area contributed by atoms with Gasteiger partial charge in [0.2, 0.25) is 12.3 Å². The Balaban J connectivity index is 1.65. The smallest absolute Gasteiger partial charge is 0.210 e. The van der Waals surface area contributed by atoms with Crippen molar-refractivity contribution in [2.75, 3.05) is 11.6 Å². The summed E-state index contributed by atoms with van der Waals surface area (Å²) in [5, 5.41) is 6.43. The molecule has 0 N–H and O–H groups in total. The molecule has 0 aliphatic carbocycles. The molecule has 0 bridgehead atoms. The number of pyridine rings is 2. The van der Waals surface area contributed by atoms with Crippen LogP contribution in [0, 0.1) is 0 Å². The van der Waals surface area contributed by atoms with Crippen molar-refractivity contribution < 1.29 is 8.78 Å². The molecule has 150 valence electrons. The highest BCUT2D eigenvalue weighted by Crippen LogP contribution is 2.33. The summed E-state index contributed by atoms with van der Waals surface area (Å²) < 4.78 is 27.4. The Morgan fingerprint density at radius 3 is 2.48 bits per heavy atom. The van der Waals surface area contributed by atoms with E-state index in [0.717, 1.165) is 35.9 Å². The summed E-state index contributed by atoms with van der Waals surface area (Å²) in [5.41, 5.74) is 2.71. The predicted molar refractivity (Wildman–Crippen MR) is 111 cm³/mol. The van der Waals surface area contributed by atoms with Crippen molar-refractivity contribution in [3.8, 4) is 0 Å². The van der Waals surface area contributed by atoms with Crippen LogP contribution in [-0.4, -0.2) is 34.5 Å². The zero-order chi connectivity index (χ0) is 20.6. The third kappa shape index (κ3) is 3.81. The van der Waals surface area contributed by atoms with Gasteiger partial charge >= 0.3 is 0 Å². The number of nitrogens with zero attached hydrogens (tertiary/aromatic N) is 5. The molecule has 0 fully saturated rings. The van der Waals surface area contributed by atoms with Gasteiger partial charge in [-0.25, -0.2) is 19.4 Å². The number of hydrazone groups is 1. The van der Waals surface area contributed by atoms with Crippen LogP contribution < -0.4 is 5.01 Å². The molecule has 0 saturated heterocycles. The van der Waals surface area contributed by atoms with E-state index in [1.165, 1.54) is 12.2 Å². The monoisotopic (exact) mass is 395 g/mol. The van der Waals surface area contributed by atoms with Crippen LogP contribution in [0.15, 0.2) is 58.6 Å². The summed E-state index contributed by atoms with van der Waals surface area (Å²) in [6.45, 7) is 6.90.